The lowest BCUT2D eigenvalue weighted by atomic mass is 9.93. The lowest BCUT2D eigenvalue weighted by Crippen LogP contribution is -2.36. The van der Waals surface area contributed by atoms with E-state index in [1.807, 2.05) is 0 Å². The molecule has 3 nitrogen and oxygen atoms in total. The highest BCUT2D eigenvalue weighted by Crippen LogP contribution is 2.20. The van der Waals surface area contributed by atoms with Gasteiger partial charge >= 0.3 is 0 Å². The molecular weight excluding hydrogens is 200 g/mol. The normalized spacial score (nSPS) is 26.2. The van der Waals surface area contributed by atoms with E-state index in [0.717, 1.165) is 31.8 Å². The molecule has 0 aliphatic carbocycles. The number of carbonyl (C=O) groups excluding carboxylic acids is 1. The first kappa shape index (κ1) is 12.1. The molecule has 0 spiro atoms. The Morgan fingerprint density at radius 1 is 1.12 bits per heavy atom. The van der Waals surface area contributed by atoms with Crippen molar-refractivity contribution < 1.29 is 4.79 Å². The van der Waals surface area contributed by atoms with Gasteiger partial charge in [-0.1, -0.05) is 0 Å². The van der Waals surface area contributed by atoms with Crippen molar-refractivity contribution in [1.29, 1.82) is 0 Å². The fraction of sp³-hybridized carbons (Fsp3) is 0.923. The van der Waals surface area contributed by atoms with Crippen LogP contribution in [0.4, 0.5) is 0 Å². The number of rotatable bonds is 3. The van der Waals surface area contributed by atoms with Crippen LogP contribution in [-0.4, -0.2) is 55.4 Å². The summed E-state index contributed by atoms with van der Waals surface area (Å²) in [7, 11) is 2.21. The molecule has 0 atom stereocenters. The third kappa shape index (κ3) is 3.56. The Kier molecular flexibility index (Phi) is 4.36. The monoisotopic (exact) mass is 224 g/mol. The third-order valence-electron chi connectivity index (χ3n) is 4.11. The number of hydrogen-bond acceptors (Lipinski definition) is 3. The maximum absolute atomic E-state index is 11.1. The zero-order valence-electron chi connectivity index (χ0n) is 10.5. The van der Waals surface area contributed by atoms with Gasteiger partial charge < -0.3 is 9.80 Å². The Balaban J connectivity index is 1.62. The van der Waals surface area contributed by atoms with E-state index in [-0.39, 0.29) is 0 Å². The molecule has 2 aliphatic rings. The molecule has 2 saturated heterocycles. The highest BCUT2D eigenvalue weighted by Gasteiger charge is 2.19. The van der Waals surface area contributed by atoms with Gasteiger partial charge in [-0.05, 0) is 51.9 Å². The highest BCUT2D eigenvalue weighted by molar-refractivity contribution is 5.79. The van der Waals surface area contributed by atoms with Crippen molar-refractivity contribution in [2.24, 2.45) is 5.92 Å². The van der Waals surface area contributed by atoms with Crippen molar-refractivity contribution in [3.05, 3.63) is 0 Å². The molecule has 0 aromatic rings. The quantitative estimate of drug-likeness (QED) is 0.723. The molecule has 0 radical (unpaired) electrons. The van der Waals surface area contributed by atoms with Crippen molar-refractivity contribution in [2.45, 2.75) is 32.1 Å². The van der Waals surface area contributed by atoms with Crippen LogP contribution in [0, 0.1) is 5.92 Å². The maximum atomic E-state index is 11.1. The highest BCUT2D eigenvalue weighted by atomic mass is 16.1. The summed E-state index contributed by atoms with van der Waals surface area (Å²) in [5, 5.41) is 0. The van der Waals surface area contributed by atoms with Crippen LogP contribution >= 0.6 is 0 Å². The number of carbonyl (C=O) groups is 1. The van der Waals surface area contributed by atoms with E-state index in [2.05, 4.69) is 16.8 Å². The average Bonchev–Trinajstić information content (AvgIpc) is 2.30. The second-order valence-corrected chi connectivity index (χ2v) is 5.42. The van der Waals surface area contributed by atoms with Gasteiger partial charge in [-0.3, -0.25) is 4.79 Å². The molecule has 2 aliphatic heterocycles. The Morgan fingerprint density at radius 2 is 1.75 bits per heavy atom. The van der Waals surface area contributed by atoms with E-state index in [1.54, 1.807) is 0 Å². The van der Waals surface area contributed by atoms with E-state index in [9.17, 15) is 4.79 Å². The van der Waals surface area contributed by atoms with Gasteiger partial charge in [-0.25, -0.2) is 0 Å². The van der Waals surface area contributed by atoms with Crippen LogP contribution in [0.15, 0.2) is 0 Å². The van der Waals surface area contributed by atoms with Crippen molar-refractivity contribution in [1.82, 2.24) is 9.80 Å². The summed E-state index contributed by atoms with van der Waals surface area (Å²) in [6.07, 6.45) is 5.63. The molecule has 2 rings (SSSR count). The first-order chi connectivity index (χ1) is 7.74. The molecule has 0 amide bonds. The third-order valence-corrected chi connectivity index (χ3v) is 4.11. The van der Waals surface area contributed by atoms with Gasteiger partial charge in [0.1, 0.15) is 5.78 Å². The van der Waals surface area contributed by atoms with Crippen LogP contribution in [0.25, 0.3) is 0 Å². The first-order valence-corrected chi connectivity index (χ1v) is 6.66. The van der Waals surface area contributed by atoms with Gasteiger partial charge in [0.15, 0.2) is 0 Å². The molecule has 2 heterocycles. The van der Waals surface area contributed by atoms with Crippen LogP contribution in [-0.2, 0) is 4.79 Å². The second-order valence-electron chi connectivity index (χ2n) is 5.42. The second kappa shape index (κ2) is 5.78. The molecule has 0 bridgehead atoms. The zero-order valence-corrected chi connectivity index (χ0v) is 10.5. The number of piperidine rings is 2. The number of hydrogen-bond donors (Lipinski definition) is 0. The summed E-state index contributed by atoms with van der Waals surface area (Å²) in [5.74, 6) is 1.38. The van der Waals surface area contributed by atoms with E-state index in [1.165, 1.54) is 38.9 Å². The standard InChI is InChI=1S/C13H24N2O/c1-14-7-2-12(3-8-14)4-9-15-10-5-13(16)6-11-15/h12H,2-11H2,1H3. The van der Waals surface area contributed by atoms with Crippen molar-refractivity contribution >= 4 is 5.78 Å². The summed E-state index contributed by atoms with van der Waals surface area (Å²) in [6, 6.07) is 0. The Hall–Kier alpha value is -0.410. The summed E-state index contributed by atoms with van der Waals surface area (Å²) in [5.41, 5.74) is 0. The van der Waals surface area contributed by atoms with Crippen molar-refractivity contribution in [3.8, 4) is 0 Å². The first-order valence-electron chi connectivity index (χ1n) is 6.66. The molecule has 3 heteroatoms. The zero-order chi connectivity index (χ0) is 11.4. The minimum Gasteiger partial charge on any atom is -0.306 e. The predicted octanol–water partition coefficient (Wildman–Crippen LogP) is 1.38. The topological polar surface area (TPSA) is 23.6 Å². The number of likely N-dealkylation sites (tertiary alicyclic amines) is 2. The molecule has 16 heavy (non-hydrogen) atoms. The molecule has 0 N–H and O–H groups in total. The minimum absolute atomic E-state index is 0.454. The minimum atomic E-state index is 0.454. The number of ketones is 1. The Morgan fingerprint density at radius 3 is 2.38 bits per heavy atom. The van der Waals surface area contributed by atoms with Gasteiger partial charge in [-0.2, -0.15) is 0 Å². The van der Waals surface area contributed by atoms with Gasteiger partial charge in [0.2, 0.25) is 0 Å². The van der Waals surface area contributed by atoms with Crippen LogP contribution in [0.2, 0.25) is 0 Å². The molecule has 2 fully saturated rings. The Labute approximate surface area is 98.8 Å². The lowest BCUT2D eigenvalue weighted by molar-refractivity contribution is -0.121. The SMILES string of the molecule is CN1CCC(CCN2CCC(=O)CC2)CC1. The van der Waals surface area contributed by atoms with Crippen LogP contribution in [0.3, 0.4) is 0 Å². The van der Waals surface area contributed by atoms with E-state index in [4.69, 9.17) is 0 Å². The van der Waals surface area contributed by atoms with Crippen LogP contribution < -0.4 is 0 Å². The van der Waals surface area contributed by atoms with E-state index < -0.39 is 0 Å². The van der Waals surface area contributed by atoms with Crippen LogP contribution in [0.1, 0.15) is 32.1 Å². The number of nitrogens with zero attached hydrogens (tertiary/aromatic N) is 2. The van der Waals surface area contributed by atoms with Gasteiger partial charge in [-0.15, -0.1) is 0 Å². The largest absolute Gasteiger partial charge is 0.306 e. The predicted molar refractivity (Wildman–Crippen MR) is 65.5 cm³/mol. The molecule has 0 saturated carbocycles. The summed E-state index contributed by atoms with van der Waals surface area (Å²) in [6.45, 7) is 5.75. The lowest BCUT2D eigenvalue weighted by Gasteiger charge is -2.31. The smallest absolute Gasteiger partial charge is 0.135 e. The summed E-state index contributed by atoms with van der Waals surface area (Å²) < 4.78 is 0. The maximum Gasteiger partial charge on any atom is 0.135 e. The fourth-order valence-electron chi connectivity index (χ4n) is 2.74. The molecule has 0 aromatic carbocycles. The number of Topliss-reactive ketones (excluding diaryl/α,β-unsaturated/α-hetero) is 1. The van der Waals surface area contributed by atoms with Crippen LogP contribution in [0.5, 0.6) is 0 Å². The average molecular weight is 224 g/mol. The van der Waals surface area contributed by atoms with Crippen molar-refractivity contribution in [3.63, 3.8) is 0 Å². The molecule has 0 unspecified atom stereocenters. The molecule has 92 valence electrons. The van der Waals surface area contributed by atoms with Crippen molar-refractivity contribution in [2.75, 3.05) is 39.8 Å². The Bertz CT molecular complexity index is 224. The van der Waals surface area contributed by atoms with Gasteiger partial charge in [0.25, 0.3) is 0 Å². The summed E-state index contributed by atoms with van der Waals surface area (Å²) >= 11 is 0. The summed E-state index contributed by atoms with van der Waals surface area (Å²) in [4.78, 5) is 16.0. The fourth-order valence-corrected chi connectivity index (χ4v) is 2.74. The molecule has 0 aromatic heterocycles. The van der Waals surface area contributed by atoms with Gasteiger partial charge in [0, 0.05) is 25.9 Å². The van der Waals surface area contributed by atoms with E-state index >= 15 is 0 Å². The van der Waals surface area contributed by atoms with Gasteiger partial charge in [0.05, 0.1) is 0 Å². The van der Waals surface area contributed by atoms with E-state index in [0.29, 0.717) is 5.78 Å². The molecular formula is C13H24N2O.